The third-order valence-corrected chi connectivity index (χ3v) is 3.01. The second-order valence-corrected chi connectivity index (χ2v) is 4.50. The Hall–Kier alpha value is -2.27. The van der Waals surface area contributed by atoms with Gasteiger partial charge in [-0.1, -0.05) is 12.1 Å². The number of hydrogen-bond acceptors (Lipinski definition) is 4. The number of ether oxygens (including phenoxy) is 1. The van der Waals surface area contributed by atoms with Crippen molar-refractivity contribution in [1.82, 2.24) is 5.32 Å². The van der Waals surface area contributed by atoms with Crippen molar-refractivity contribution in [3.05, 3.63) is 54.0 Å². The minimum Gasteiger partial charge on any atom is -0.493 e. The number of aliphatic hydroxyl groups excluding tert-OH is 1. The van der Waals surface area contributed by atoms with Crippen LogP contribution in [0.5, 0.6) is 5.75 Å². The summed E-state index contributed by atoms with van der Waals surface area (Å²) in [5.74, 6) is 0.841. The molecule has 1 amide bonds. The van der Waals surface area contributed by atoms with Gasteiger partial charge in [0.25, 0.3) is 5.91 Å². The summed E-state index contributed by atoms with van der Waals surface area (Å²) in [6.07, 6.45) is 1.17. The Bertz CT molecular complexity index is 565. The lowest BCUT2D eigenvalue weighted by atomic mass is 10.1. The Morgan fingerprint density at radius 2 is 2.14 bits per heavy atom. The molecule has 1 aromatic carbocycles. The monoisotopic (exact) mass is 289 g/mol. The van der Waals surface area contributed by atoms with Crippen molar-refractivity contribution < 1.29 is 19.1 Å². The first-order valence-electron chi connectivity index (χ1n) is 6.94. The molecule has 2 aromatic rings. The van der Waals surface area contributed by atoms with Crippen LogP contribution in [0.25, 0.3) is 0 Å². The normalized spacial score (nSPS) is 11.9. The molecule has 0 unspecified atom stereocenters. The maximum atomic E-state index is 12.1. The summed E-state index contributed by atoms with van der Waals surface area (Å²) in [5, 5.41) is 12.6. The third kappa shape index (κ3) is 4.10. The van der Waals surface area contributed by atoms with Crippen molar-refractivity contribution >= 4 is 5.91 Å². The Balaban J connectivity index is 1.87. The second-order valence-electron chi connectivity index (χ2n) is 4.50. The first-order chi connectivity index (χ1) is 10.2. The van der Waals surface area contributed by atoms with Gasteiger partial charge in [-0.2, -0.15) is 0 Å². The number of amides is 1. The zero-order chi connectivity index (χ0) is 15.1. The summed E-state index contributed by atoms with van der Waals surface area (Å²) in [5.41, 5.74) is 0.492. The van der Waals surface area contributed by atoms with E-state index in [0.29, 0.717) is 36.6 Å². The number of para-hydroxylation sites is 1. The van der Waals surface area contributed by atoms with Crippen LogP contribution in [0.3, 0.4) is 0 Å². The summed E-state index contributed by atoms with van der Waals surface area (Å²) in [7, 11) is 0. The molecule has 1 atom stereocenters. The van der Waals surface area contributed by atoms with E-state index in [1.807, 2.05) is 13.0 Å². The van der Waals surface area contributed by atoms with Crippen LogP contribution in [0.1, 0.15) is 35.6 Å². The molecule has 0 fully saturated rings. The van der Waals surface area contributed by atoms with Crippen LogP contribution >= 0.6 is 0 Å². The molecule has 0 bridgehead atoms. The van der Waals surface area contributed by atoms with Gasteiger partial charge in [0.2, 0.25) is 0 Å². The average molecular weight is 289 g/mol. The third-order valence-electron chi connectivity index (χ3n) is 3.01. The molecule has 0 spiro atoms. The fraction of sp³-hybridized carbons (Fsp3) is 0.312. The quantitative estimate of drug-likeness (QED) is 0.821. The van der Waals surface area contributed by atoms with Crippen LogP contribution in [0, 0.1) is 0 Å². The number of aliphatic hydroxyl groups is 1. The molecule has 5 nitrogen and oxygen atoms in total. The predicted octanol–water partition coefficient (Wildman–Crippen LogP) is 2.53. The maximum absolute atomic E-state index is 12.1. The van der Waals surface area contributed by atoms with Crippen LogP contribution in [0.2, 0.25) is 0 Å². The first kappa shape index (κ1) is 15.1. The lowest BCUT2D eigenvalue weighted by Crippen LogP contribution is -2.26. The lowest BCUT2D eigenvalue weighted by Gasteiger charge is -2.11. The Morgan fingerprint density at radius 1 is 1.33 bits per heavy atom. The highest BCUT2D eigenvalue weighted by molar-refractivity contribution is 5.96. The van der Waals surface area contributed by atoms with Crippen LogP contribution in [-0.2, 0) is 0 Å². The fourth-order valence-electron chi connectivity index (χ4n) is 1.98. The zero-order valence-electron chi connectivity index (χ0n) is 11.9. The number of benzene rings is 1. The molecule has 112 valence electrons. The van der Waals surface area contributed by atoms with E-state index >= 15 is 0 Å². The summed E-state index contributed by atoms with van der Waals surface area (Å²) < 4.78 is 10.5. The number of rotatable bonds is 7. The molecule has 0 radical (unpaired) electrons. The molecule has 0 saturated carbocycles. The summed E-state index contributed by atoms with van der Waals surface area (Å²) in [6.45, 7) is 2.72. The average Bonchev–Trinajstić information content (AvgIpc) is 3.02. The van der Waals surface area contributed by atoms with Crippen molar-refractivity contribution in [1.29, 1.82) is 0 Å². The molecule has 0 aliphatic heterocycles. The molecular weight excluding hydrogens is 270 g/mol. The minimum atomic E-state index is -0.720. The Morgan fingerprint density at radius 3 is 2.86 bits per heavy atom. The largest absolute Gasteiger partial charge is 0.493 e. The first-order valence-corrected chi connectivity index (χ1v) is 6.94. The highest BCUT2D eigenvalue weighted by atomic mass is 16.5. The van der Waals surface area contributed by atoms with Gasteiger partial charge in [0, 0.05) is 6.54 Å². The van der Waals surface area contributed by atoms with E-state index in [2.05, 4.69) is 5.32 Å². The molecule has 5 heteroatoms. The molecule has 1 aromatic heterocycles. The van der Waals surface area contributed by atoms with Crippen molar-refractivity contribution in [2.24, 2.45) is 0 Å². The van der Waals surface area contributed by atoms with E-state index in [4.69, 9.17) is 9.15 Å². The molecule has 2 rings (SSSR count). The van der Waals surface area contributed by atoms with Crippen molar-refractivity contribution in [3.8, 4) is 5.75 Å². The number of carbonyl (C=O) groups is 1. The van der Waals surface area contributed by atoms with E-state index in [-0.39, 0.29) is 5.91 Å². The second kappa shape index (κ2) is 7.50. The van der Waals surface area contributed by atoms with Gasteiger partial charge in [0.05, 0.1) is 18.4 Å². The van der Waals surface area contributed by atoms with Crippen LogP contribution < -0.4 is 10.1 Å². The van der Waals surface area contributed by atoms with Crippen LogP contribution in [0.15, 0.2) is 47.1 Å². The molecule has 2 N–H and O–H groups in total. The molecule has 0 aliphatic rings. The molecule has 0 aliphatic carbocycles. The van der Waals surface area contributed by atoms with Gasteiger partial charge in [-0.15, -0.1) is 0 Å². The van der Waals surface area contributed by atoms with Gasteiger partial charge in [0.15, 0.2) is 0 Å². The number of hydrogen-bond donors (Lipinski definition) is 2. The highest BCUT2D eigenvalue weighted by Gasteiger charge is 2.13. The van der Waals surface area contributed by atoms with Gasteiger partial charge in [0.1, 0.15) is 17.6 Å². The van der Waals surface area contributed by atoms with Gasteiger partial charge < -0.3 is 19.6 Å². The smallest absolute Gasteiger partial charge is 0.255 e. The summed E-state index contributed by atoms with van der Waals surface area (Å²) >= 11 is 0. The highest BCUT2D eigenvalue weighted by Crippen LogP contribution is 2.18. The standard InChI is InChI=1S/C16H19NO4/c1-2-20-14-7-4-3-6-12(14)16(19)17-10-9-13(18)15-8-5-11-21-15/h3-8,11,13,18H,2,9-10H2,1H3,(H,17,19)/t13-/m0/s1. The van der Waals surface area contributed by atoms with Gasteiger partial charge in [-0.3, -0.25) is 4.79 Å². The minimum absolute atomic E-state index is 0.217. The van der Waals surface area contributed by atoms with Crippen LogP contribution in [-0.4, -0.2) is 24.2 Å². The predicted molar refractivity (Wildman–Crippen MR) is 78.2 cm³/mol. The van der Waals surface area contributed by atoms with E-state index in [1.54, 1.807) is 30.3 Å². The van der Waals surface area contributed by atoms with E-state index in [0.717, 1.165) is 0 Å². The van der Waals surface area contributed by atoms with Crippen molar-refractivity contribution in [2.45, 2.75) is 19.4 Å². The Kier molecular flexibility index (Phi) is 5.40. The maximum Gasteiger partial charge on any atom is 0.255 e. The lowest BCUT2D eigenvalue weighted by molar-refractivity contribution is 0.0932. The van der Waals surface area contributed by atoms with E-state index in [9.17, 15) is 9.90 Å². The summed E-state index contributed by atoms with van der Waals surface area (Å²) in [6, 6.07) is 10.5. The fourth-order valence-corrected chi connectivity index (χ4v) is 1.98. The van der Waals surface area contributed by atoms with Gasteiger partial charge in [-0.05, 0) is 37.6 Å². The number of furan rings is 1. The van der Waals surface area contributed by atoms with Gasteiger partial charge in [-0.25, -0.2) is 0 Å². The number of carbonyl (C=O) groups excluding carboxylic acids is 1. The van der Waals surface area contributed by atoms with Gasteiger partial charge >= 0.3 is 0 Å². The molecule has 21 heavy (non-hydrogen) atoms. The SMILES string of the molecule is CCOc1ccccc1C(=O)NCC[C@H](O)c1ccco1. The molecule has 1 heterocycles. The van der Waals surface area contributed by atoms with Crippen molar-refractivity contribution in [2.75, 3.05) is 13.2 Å². The van der Waals surface area contributed by atoms with Crippen molar-refractivity contribution in [3.63, 3.8) is 0 Å². The number of nitrogens with one attached hydrogen (secondary N) is 1. The Labute approximate surface area is 123 Å². The van der Waals surface area contributed by atoms with E-state index in [1.165, 1.54) is 6.26 Å². The summed E-state index contributed by atoms with van der Waals surface area (Å²) in [4.78, 5) is 12.1. The molecular formula is C16H19NO4. The zero-order valence-corrected chi connectivity index (χ0v) is 11.9. The molecule has 0 saturated heterocycles. The topological polar surface area (TPSA) is 71.7 Å². The van der Waals surface area contributed by atoms with Crippen LogP contribution in [0.4, 0.5) is 0 Å². The van der Waals surface area contributed by atoms with E-state index < -0.39 is 6.10 Å².